The van der Waals surface area contributed by atoms with Crippen molar-refractivity contribution in [1.82, 2.24) is 10.2 Å². The summed E-state index contributed by atoms with van der Waals surface area (Å²) in [6.07, 6.45) is 9.35. The molecule has 0 saturated carbocycles. The third kappa shape index (κ3) is 8.38. The predicted molar refractivity (Wildman–Crippen MR) is 150 cm³/mol. The van der Waals surface area contributed by atoms with E-state index in [1.165, 1.54) is 18.9 Å². The molecule has 1 aliphatic rings. The maximum atomic E-state index is 14.2. The molecule has 1 aliphatic heterocycles. The zero-order valence-corrected chi connectivity index (χ0v) is 23.2. The van der Waals surface area contributed by atoms with Gasteiger partial charge in [-0.1, -0.05) is 82.0 Å². The zero-order chi connectivity index (χ0) is 26.5. The zero-order valence-electron chi connectivity index (χ0n) is 23.2. The molecule has 1 fully saturated rings. The van der Waals surface area contributed by atoms with Crippen molar-refractivity contribution in [2.75, 3.05) is 26.2 Å². The van der Waals surface area contributed by atoms with E-state index >= 15 is 0 Å². The SMILES string of the molecule is CCCC(CCC)[C@H](CNCCc1cccc(F)c1)OC(=O)C(C)(c1ccccc1)N1CCCCCC1. The number of carbonyl (C=O) groups excluding carboxylic acids is 1. The molecular formula is C32H47FN2O2. The highest BCUT2D eigenvalue weighted by Crippen LogP contribution is 2.34. The fourth-order valence-electron chi connectivity index (χ4n) is 5.69. The molecule has 2 aromatic carbocycles. The second kappa shape index (κ2) is 15.2. The molecule has 2 aromatic rings. The normalized spacial score (nSPS) is 17.2. The van der Waals surface area contributed by atoms with Crippen LogP contribution in [0.1, 0.15) is 83.3 Å². The average Bonchev–Trinajstić information content (AvgIpc) is 3.20. The number of benzene rings is 2. The number of hydrogen-bond donors (Lipinski definition) is 1. The van der Waals surface area contributed by atoms with E-state index in [0.717, 1.165) is 69.2 Å². The van der Waals surface area contributed by atoms with Gasteiger partial charge < -0.3 is 10.1 Å². The first-order valence-electron chi connectivity index (χ1n) is 14.5. The fraction of sp³-hybridized carbons (Fsp3) is 0.594. The van der Waals surface area contributed by atoms with Crippen molar-refractivity contribution >= 4 is 5.97 Å². The Morgan fingerprint density at radius 1 is 1.00 bits per heavy atom. The molecule has 3 rings (SSSR count). The summed E-state index contributed by atoms with van der Waals surface area (Å²) in [5, 5.41) is 3.52. The highest BCUT2D eigenvalue weighted by Gasteiger charge is 2.44. The van der Waals surface area contributed by atoms with E-state index in [0.29, 0.717) is 19.0 Å². The van der Waals surface area contributed by atoms with Crippen molar-refractivity contribution in [2.24, 2.45) is 5.92 Å². The molecule has 1 N–H and O–H groups in total. The first-order chi connectivity index (χ1) is 18.0. The van der Waals surface area contributed by atoms with E-state index in [9.17, 15) is 9.18 Å². The minimum Gasteiger partial charge on any atom is -0.459 e. The maximum absolute atomic E-state index is 14.2. The molecule has 0 amide bonds. The number of hydrogen-bond acceptors (Lipinski definition) is 4. The van der Waals surface area contributed by atoms with Crippen LogP contribution in [0, 0.1) is 11.7 Å². The van der Waals surface area contributed by atoms with Gasteiger partial charge in [-0.2, -0.15) is 0 Å². The predicted octanol–water partition coefficient (Wildman–Crippen LogP) is 6.88. The summed E-state index contributed by atoms with van der Waals surface area (Å²) < 4.78 is 20.1. The fourth-order valence-corrected chi connectivity index (χ4v) is 5.69. The molecular weight excluding hydrogens is 463 g/mol. The minimum absolute atomic E-state index is 0.144. The van der Waals surface area contributed by atoms with Crippen LogP contribution in [0.4, 0.5) is 4.39 Å². The Morgan fingerprint density at radius 3 is 2.30 bits per heavy atom. The molecule has 4 nitrogen and oxygen atoms in total. The molecule has 37 heavy (non-hydrogen) atoms. The third-order valence-corrected chi connectivity index (χ3v) is 7.90. The van der Waals surface area contributed by atoms with Gasteiger partial charge >= 0.3 is 5.97 Å². The largest absolute Gasteiger partial charge is 0.459 e. The van der Waals surface area contributed by atoms with Gasteiger partial charge in [-0.3, -0.25) is 4.90 Å². The van der Waals surface area contributed by atoms with Gasteiger partial charge in [0.15, 0.2) is 0 Å². The van der Waals surface area contributed by atoms with Gasteiger partial charge in [0.1, 0.15) is 17.5 Å². The molecule has 204 valence electrons. The number of carbonyl (C=O) groups is 1. The van der Waals surface area contributed by atoms with Crippen LogP contribution in [-0.2, 0) is 21.5 Å². The Kier molecular flexibility index (Phi) is 12.1. The van der Waals surface area contributed by atoms with Crippen molar-refractivity contribution in [2.45, 2.75) is 90.2 Å². The van der Waals surface area contributed by atoms with Gasteiger partial charge in [-0.15, -0.1) is 0 Å². The minimum atomic E-state index is -0.811. The number of rotatable bonds is 14. The first kappa shape index (κ1) is 29.3. The summed E-state index contributed by atoms with van der Waals surface area (Å²) in [6, 6.07) is 16.9. The Hall–Kier alpha value is -2.24. The summed E-state index contributed by atoms with van der Waals surface area (Å²) >= 11 is 0. The van der Waals surface area contributed by atoms with Gasteiger partial charge in [0.05, 0.1) is 0 Å². The van der Waals surface area contributed by atoms with E-state index in [2.05, 4.69) is 43.1 Å². The number of likely N-dealkylation sites (tertiary alicyclic amines) is 1. The molecule has 2 atom stereocenters. The van der Waals surface area contributed by atoms with Crippen LogP contribution < -0.4 is 5.32 Å². The van der Waals surface area contributed by atoms with E-state index in [-0.39, 0.29) is 17.9 Å². The molecule has 1 unspecified atom stereocenters. The van der Waals surface area contributed by atoms with Crippen LogP contribution in [0.15, 0.2) is 54.6 Å². The molecule has 0 radical (unpaired) electrons. The van der Waals surface area contributed by atoms with Crippen LogP contribution in [0.3, 0.4) is 0 Å². The van der Waals surface area contributed by atoms with Crippen molar-refractivity contribution in [1.29, 1.82) is 0 Å². The van der Waals surface area contributed by atoms with Crippen LogP contribution >= 0.6 is 0 Å². The van der Waals surface area contributed by atoms with Crippen LogP contribution in [0.25, 0.3) is 0 Å². The molecule has 0 spiro atoms. The maximum Gasteiger partial charge on any atom is 0.331 e. The van der Waals surface area contributed by atoms with E-state index in [4.69, 9.17) is 4.74 Å². The second-order valence-corrected chi connectivity index (χ2v) is 10.7. The second-order valence-electron chi connectivity index (χ2n) is 10.7. The lowest BCUT2D eigenvalue weighted by Crippen LogP contribution is -2.53. The third-order valence-electron chi connectivity index (χ3n) is 7.90. The van der Waals surface area contributed by atoms with Crippen LogP contribution in [0.2, 0.25) is 0 Å². The van der Waals surface area contributed by atoms with Crippen molar-refractivity contribution in [3.05, 3.63) is 71.5 Å². The van der Waals surface area contributed by atoms with Gasteiger partial charge in [0.25, 0.3) is 0 Å². The number of esters is 1. The smallest absolute Gasteiger partial charge is 0.331 e. The number of halogens is 1. The molecule has 0 bridgehead atoms. The van der Waals surface area contributed by atoms with Crippen LogP contribution in [0.5, 0.6) is 0 Å². The topological polar surface area (TPSA) is 41.6 Å². The molecule has 1 saturated heterocycles. The van der Waals surface area contributed by atoms with Gasteiger partial charge in [0.2, 0.25) is 0 Å². The highest BCUT2D eigenvalue weighted by atomic mass is 19.1. The molecule has 0 aromatic heterocycles. The van der Waals surface area contributed by atoms with Crippen LogP contribution in [-0.4, -0.2) is 43.2 Å². The molecule has 0 aliphatic carbocycles. The Bertz CT molecular complexity index is 923. The standard InChI is InChI=1S/C32H47FN2O2/c1-4-14-27(15-5-2)30(25-34-21-20-26-16-13-19-29(33)24-26)37-31(36)32(3,28-17-9-8-10-18-28)35-22-11-6-7-12-23-35/h8-10,13,16-19,24,27,30,34H,4-7,11-12,14-15,20-23,25H2,1-3H3/t30-,32?/m0/s1. The van der Waals surface area contributed by atoms with E-state index in [1.54, 1.807) is 12.1 Å². The lowest BCUT2D eigenvalue weighted by atomic mass is 9.88. The number of ether oxygens (including phenoxy) is 1. The summed E-state index contributed by atoms with van der Waals surface area (Å²) in [4.78, 5) is 16.5. The monoisotopic (exact) mass is 510 g/mol. The first-order valence-corrected chi connectivity index (χ1v) is 14.5. The summed E-state index contributed by atoms with van der Waals surface area (Å²) in [5.41, 5.74) is 1.16. The lowest BCUT2D eigenvalue weighted by molar-refractivity contribution is -0.167. The Balaban J connectivity index is 1.78. The molecule has 1 heterocycles. The Labute approximate surface area is 224 Å². The van der Waals surface area contributed by atoms with E-state index in [1.807, 2.05) is 24.3 Å². The van der Waals surface area contributed by atoms with Gasteiger partial charge in [-0.25, -0.2) is 9.18 Å². The summed E-state index contributed by atoms with van der Waals surface area (Å²) in [6.45, 7) is 9.59. The molecule has 5 heteroatoms. The number of nitrogens with zero attached hydrogens (tertiary/aromatic N) is 1. The average molecular weight is 511 g/mol. The van der Waals surface area contributed by atoms with Gasteiger partial charge in [-0.05, 0) is 87.8 Å². The lowest BCUT2D eigenvalue weighted by Gasteiger charge is -2.41. The quantitative estimate of drug-likeness (QED) is 0.222. The Morgan fingerprint density at radius 2 is 1.68 bits per heavy atom. The van der Waals surface area contributed by atoms with E-state index < -0.39 is 5.54 Å². The van der Waals surface area contributed by atoms with Crippen molar-refractivity contribution < 1.29 is 13.9 Å². The van der Waals surface area contributed by atoms with Crippen molar-refractivity contribution in [3.63, 3.8) is 0 Å². The van der Waals surface area contributed by atoms with Crippen molar-refractivity contribution in [3.8, 4) is 0 Å². The highest BCUT2D eigenvalue weighted by molar-refractivity contribution is 5.82. The number of nitrogens with one attached hydrogen (secondary N) is 1. The summed E-state index contributed by atoms with van der Waals surface area (Å²) in [7, 11) is 0. The van der Waals surface area contributed by atoms with Gasteiger partial charge in [0, 0.05) is 6.54 Å². The summed E-state index contributed by atoms with van der Waals surface area (Å²) in [5.74, 6) is -0.0384.